The summed E-state index contributed by atoms with van der Waals surface area (Å²) in [4.78, 5) is 13.0. The highest BCUT2D eigenvalue weighted by molar-refractivity contribution is 5.89. The maximum absolute atomic E-state index is 13.0. The molecule has 2 heteroatoms. The number of carbonyl (C=O) groups is 1. The van der Waals surface area contributed by atoms with Crippen molar-refractivity contribution in [3.05, 3.63) is 41.5 Å². The van der Waals surface area contributed by atoms with Gasteiger partial charge < -0.3 is 4.74 Å². The lowest BCUT2D eigenvalue weighted by molar-refractivity contribution is -0.135. The van der Waals surface area contributed by atoms with E-state index in [0.29, 0.717) is 24.0 Å². The van der Waals surface area contributed by atoms with E-state index in [0.717, 1.165) is 18.6 Å². The van der Waals surface area contributed by atoms with Gasteiger partial charge in [0.15, 0.2) is 0 Å². The topological polar surface area (TPSA) is 26.3 Å². The highest BCUT2D eigenvalue weighted by Gasteiger charge is 2.72. The molecule has 2 saturated carbocycles. The van der Waals surface area contributed by atoms with Gasteiger partial charge in [-0.1, -0.05) is 32.1 Å². The van der Waals surface area contributed by atoms with Crippen molar-refractivity contribution < 1.29 is 9.53 Å². The van der Waals surface area contributed by atoms with E-state index in [1.807, 2.05) is 6.92 Å². The zero-order chi connectivity index (χ0) is 18.2. The van der Waals surface area contributed by atoms with Gasteiger partial charge >= 0.3 is 0 Å². The van der Waals surface area contributed by atoms with Crippen LogP contribution in [0.25, 0.3) is 0 Å². The van der Waals surface area contributed by atoms with Crippen LogP contribution in [-0.2, 0) is 11.2 Å². The molecule has 1 unspecified atom stereocenters. The van der Waals surface area contributed by atoms with Crippen LogP contribution in [0, 0.1) is 22.2 Å². The molecule has 0 N–H and O–H groups in total. The second-order valence-electron chi connectivity index (χ2n) is 9.31. The van der Waals surface area contributed by atoms with Gasteiger partial charge in [-0.25, -0.2) is 0 Å². The van der Waals surface area contributed by atoms with Crippen LogP contribution in [0.3, 0.4) is 0 Å². The molecule has 0 spiro atoms. The monoisotopic (exact) mass is 350 g/mol. The average molecular weight is 351 g/mol. The van der Waals surface area contributed by atoms with E-state index in [2.05, 4.69) is 37.3 Å². The fraction of sp³-hybridized carbons (Fsp3) is 0.625. The Labute approximate surface area is 157 Å². The zero-order valence-electron chi connectivity index (χ0n) is 16.3. The summed E-state index contributed by atoms with van der Waals surface area (Å²) in [5.74, 6) is 2.80. The number of methoxy groups -OCH3 is 1. The van der Waals surface area contributed by atoms with Gasteiger partial charge in [0.05, 0.1) is 12.5 Å². The first-order valence-corrected chi connectivity index (χ1v) is 10.4. The van der Waals surface area contributed by atoms with E-state index in [1.54, 1.807) is 12.7 Å². The number of rotatable bonds is 3. The van der Waals surface area contributed by atoms with Crippen LogP contribution >= 0.6 is 0 Å². The number of hydrogen-bond donors (Lipinski definition) is 0. The van der Waals surface area contributed by atoms with Gasteiger partial charge in [0.2, 0.25) is 0 Å². The summed E-state index contributed by atoms with van der Waals surface area (Å²) in [5.41, 5.74) is 3.24. The van der Waals surface area contributed by atoms with Crippen molar-refractivity contribution in [1.29, 1.82) is 0 Å². The van der Waals surface area contributed by atoms with E-state index in [1.165, 1.54) is 31.2 Å². The molecule has 4 aliphatic rings. The Kier molecular flexibility index (Phi) is 3.34. The highest BCUT2D eigenvalue weighted by atomic mass is 16.5. The minimum atomic E-state index is -0.174. The molecular formula is C24H30O2. The lowest BCUT2D eigenvalue weighted by Gasteiger charge is -2.57. The molecule has 5 atom stereocenters. The number of allylic oxidation sites excluding steroid dienone is 2. The maximum atomic E-state index is 13.0. The second-order valence-corrected chi connectivity index (χ2v) is 9.31. The van der Waals surface area contributed by atoms with Crippen molar-refractivity contribution in [2.75, 3.05) is 7.11 Å². The van der Waals surface area contributed by atoms with Gasteiger partial charge in [0.1, 0.15) is 11.5 Å². The average Bonchev–Trinajstić information content (AvgIpc) is 3.11. The molecule has 5 rings (SSSR count). The van der Waals surface area contributed by atoms with Crippen molar-refractivity contribution in [3.8, 4) is 5.75 Å². The Balaban J connectivity index is 1.58. The van der Waals surface area contributed by atoms with Gasteiger partial charge in [-0.2, -0.15) is 0 Å². The van der Waals surface area contributed by atoms with Gasteiger partial charge in [0, 0.05) is 6.42 Å². The number of ketones is 1. The molecular weight excluding hydrogens is 320 g/mol. The predicted octanol–water partition coefficient (Wildman–Crippen LogP) is 5.46. The van der Waals surface area contributed by atoms with Crippen LogP contribution in [0.15, 0.2) is 30.4 Å². The summed E-state index contributed by atoms with van der Waals surface area (Å²) in [7, 11) is 1.75. The summed E-state index contributed by atoms with van der Waals surface area (Å²) in [5, 5.41) is 0. The van der Waals surface area contributed by atoms with Crippen molar-refractivity contribution in [2.24, 2.45) is 22.2 Å². The molecule has 26 heavy (non-hydrogen) atoms. The Morgan fingerprint density at radius 2 is 2.04 bits per heavy atom. The maximum Gasteiger partial charge on any atom is 0.143 e. The van der Waals surface area contributed by atoms with E-state index in [4.69, 9.17) is 4.74 Å². The number of hydrogen-bond acceptors (Lipinski definition) is 2. The molecule has 1 aromatic rings. The Morgan fingerprint density at radius 1 is 1.19 bits per heavy atom. The van der Waals surface area contributed by atoms with Crippen LogP contribution in [0.5, 0.6) is 5.75 Å². The standard InChI is InChI=1S/C24H30O2/c1-4-21(25)24-13-11-23(12-14-24)20-8-5-16-15-17(26-3)6-7-18(16)19(20)9-10-22(23,24)2/h6-7,11,13,15,19-20H,4-5,8-10,12,14H2,1-3H3/t19-,20-,22+,23?,24-/m1/s1. The Morgan fingerprint density at radius 3 is 2.73 bits per heavy atom. The Bertz CT molecular complexity index is 808. The molecule has 138 valence electrons. The number of benzene rings is 1. The number of Topliss-reactive ketones (excluding diaryl/α,β-unsaturated/α-hetero) is 1. The SMILES string of the molecule is CCC(=O)[C@@]12C=CC3(CC1)[C@@H]1CCc4cc(OC)ccc4[C@H]1CC[C@@]32C. The van der Waals surface area contributed by atoms with Crippen LogP contribution in [-0.4, -0.2) is 12.9 Å². The first-order valence-electron chi connectivity index (χ1n) is 10.4. The van der Waals surface area contributed by atoms with Gasteiger partial charge in [-0.3, -0.25) is 4.79 Å². The van der Waals surface area contributed by atoms with Crippen LogP contribution in [0.1, 0.15) is 69.4 Å². The highest BCUT2D eigenvalue weighted by Crippen LogP contribution is 2.78. The van der Waals surface area contributed by atoms with Crippen molar-refractivity contribution in [1.82, 2.24) is 0 Å². The third-order valence-corrected chi connectivity index (χ3v) is 9.01. The smallest absolute Gasteiger partial charge is 0.143 e. The van der Waals surface area contributed by atoms with Gasteiger partial charge in [-0.15, -0.1) is 0 Å². The summed E-state index contributed by atoms with van der Waals surface area (Å²) >= 11 is 0. The number of ether oxygens (including phenoxy) is 1. The number of fused-ring (bicyclic) bond motifs is 3. The number of aryl methyl sites for hydroxylation is 1. The van der Waals surface area contributed by atoms with Crippen LogP contribution in [0.4, 0.5) is 0 Å². The van der Waals surface area contributed by atoms with E-state index in [-0.39, 0.29) is 16.2 Å². The molecule has 2 nitrogen and oxygen atoms in total. The third kappa shape index (κ3) is 1.67. The lowest BCUT2D eigenvalue weighted by Crippen LogP contribution is -2.52. The molecule has 2 bridgehead atoms. The van der Waals surface area contributed by atoms with Crippen LogP contribution < -0.4 is 4.74 Å². The van der Waals surface area contributed by atoms with E-state index < -0.39 is 0 Å². The predicted molar refractivity (Wildman–Crippen MR) is 103 cm³/mol. The molecule has 0 amide bonds. The quantitative estimate of drug-likeness (QED) is 0.677. The largest absolute Gasteiger partial charge is 0.497 e. The minimum absolute atomic E-state index is 0.137. The minimum Gasteiger partial charge on any atom is -0.497 e. The molecule has 0 aliphatic heterocycles. The summed E-state index contributed by atoms with van der Waals surface area (Å²) in [6, 6.07) is 6.71. The fourth-order valence-electron chi connectivity index (χ4n) is 7.66. The van der Waals surface area contributed by atoms with Crippen molar-refractivity contribution in [3.63, 3.8) is 0 Å². The zero-order valence-corrected chi connectivity index (χ0v) is 16.3. The lowest BCUT2D eigenvalue weighted by atomic mass is 9.46. The number of carbonyl (C=O) groups excluding carboxylic acids is 1. The Hall–Kier alpha value is -1.57. The molecule has 4 aliphatic carbocycles. The summed E-state index contributed by atoms with van der Waals surface area (Å²) in [6.45, 7) is 4.50. The first-order chi connectivity index (χ1) is 12.5. The molecule has 0 radical (unpaired) electrons. The second kappa shape index (κ2) is 5.24. The van der Waals surface area contributed by atoms with Crippen LogP contribution in [0.2, 0.25) is 0 Å². The molecule has 1 aromatic carbocycles. The van der Waals surface area contributed by atoms with Crippen molar-refractivity contribution in [2.45, 2.75) is 64.7 Å². The van der Waals surface area contributed by atoms with Crippen molar-refractivity contribution >= 4 is 5.78 Å². The summed E-state index contributed by atoms with van der Waals surface area (Å²) in [6.07, 6.45) is 12.6. The summed E-state index contributed by atoms with van der Waals surface area (Å²) < 4.78 is 5.45. The third-order valence-electron chi connectivity index (χ3n) is 9.01. The fourth-order valence-corrected chi connectivity index (χ4v) is 7.66. The molecule has 2 fully saturated rings. The van der Waals surface area contributed by atoms with E-state index in [9.17, 15) is 4.79 Å². The molecule has 0 aromatic heterocycles. The normalized spacial score (nSPS) is 42.1. The molecule has 0 saturated heterocycles. The van der Waals surface area contributed by atoms with Gasteiger partial charge in [-0.05, 0) is 84.5 Å². The van der Waals surface area contributed by atoms with Gasteiger partial charge in [0.25, 0.3) is 0 Å². The van der Waals surface area contributed by atoms with E-state index >= 15 is 0 Å². The first kappa shape index (κ1) is 16.6. The molecule has 0 heterocycles.